The van der Waals surface area contributed by atoms with Crippen molar-refractivity contribution in [1.82, 2.24) is 0 Å². The number of rotatable bonds is 7. The number of hydrogen-bond donors (Lipinski definition) is 1. The monoisotopic (exact) mass is 521 g/mol. The first-order valence-electron chi connectivity index (χ1n) is 9.62. The Hall–Kier alpha value is -3.78. The number of carbonyl (C=O) groups excluding carboxylic acids is 1. The van der Waals surface area contributed by atoms with Crippen LogP contribution in [-0.4, -0.2) is 13.0 Å². The fourth-order valence-electron chi connectivity index (χ4n) is 2.91. The third-order valence-electron chi connectivity index (χ3n) is 4.55. The maximum Gasteiger partial charge on any atom is 0.266 e. The Morgan fingerprint density at radius 1 is 1.12 bits per heavy atom. The predicted octanol–water partition coefficient (Wildman–Crippen LogP) is 6.11. The molecule has 164 valence electrons. The number of nitriles is 2. The zero-order valence-corrected chi connectivity index (χ0v) is 19.8. The van der Waals surface area contributed by atoms with E-state index >= 15 is 0 Å². The number of nitrogens with one attached hydrogen (secondary N) is 1. The molecule has 8 heteroatoms. The molecular weight excluding hydrogens is 506 g/mol. The van der Waals surface area contributed by atoms with Crippen molar-refractivity contribution in [2.75, 3.05) is 12.4 Å². The van der Waals surface area contributed by atoms with E-state index in [0.717, 1.165) is 5.56 Å². The van der Waals surface area contributed by atoms with Crippen molar-refractivity contribution < 1.29 is 14.3 Å². The fraction of sp³-hybridized carbons (Fsp3) is 0.0800. The molecule has 0 saturated heterocycles. The van der Waals surface area contributed by atoms with Gasteiger partial charge in [-0.2, -0.15) is 10.5 Å². The number of anilines is 1. The average molecular weight is 523 g/mol. The van der Waals surface area contributed by atoms with Crippen molar-refractivity contribution in [2.45, 2.75) is 6.61 Å². The third-order valence-corrected chi connectivity index (χ3v) is 5.47. The van der Waals surface area contributed by atoms with Gasteiger partial charge in [-0.05, 0) is 48.0 Å². The molecule has 33 heavy (non-hydrogen) atoms. The van der Waals surface area contributed by atoms with Gasteiger partial charge >= 0.3 is 0 Å². The van der Waals surface area contributed by atoms with Gasteiger partial charge in [0.05, 0.1) is 18.7 Å². The number of ether oxygens (including phenoxy) is 2. The molecule has 0 aliphatic carbocycles. The van der Waals surface area contributed by atoms with E-state index in [-0.39, 0.29) is 12.2 Å². The highest BCUT2D eigenvalue weighted by molar-refractivity contribution is 9.10. The number of halogens is 2. The lowest BCUT2D eigenvalue weighted by molar-refractivity contribution is -0.112. The van der Waals surface area contributed by atoms with Crippen molar-refractivity contribution in [1.29, 1.82) is 10.5 Å². The Bertz CT molecular complexity index is 1310. The molecule has 6 nitrogen and oxygen atoms in total. The molecule has 0 fully saturated rings. The third kappa shape index (κ3) is 6.14. The molecule has 0 radical (unpaired) electrons. The van der Waals surface area contributed by atoms with Gasteiger partial charge in [0.25, 0.3) is 5.91 Å². The van der Waals surface area contributed by atoms with Gasteiger partial charge in [-0.25, -0.2) is 0 Å². The van der Waals surface area contributed by atoms with Crippen molar-refractivity contribution in [3.8, 4) is 23.6 Å². The van der Waals surface area contributed by atoms with Gasteiger partial charge < -0.3 is 14.8 Å². The second kappa shape index (κ2) is 11.2. The van der Waals surface area contributed by atoms with E-state index in [1.165, 1.54) is 13.2 Å². The first-order valence-corrected chi connectivity index (χ1v) is 10.8. The molecule has 0 bridgehead atoms. The number of hydrogen-bond acceptors (Lipinski definition) is 5. The summed E-state index contributed by atoms with van der Waals surface area (Å²) in [6.45, 7) is 0.174. The smallest absolute Gasteiger partial charge is 0.266 e. The van der Waals surface area contributed by atoms with Crippen LogP contribution in [0.4, 0.5) is 5.69 Å². The molecule has 3 rings (SSSR count). The molecule has 1 N–H and O–H groups in total. The number of methoxy groups -OCH3 is 1. The summed E-state index contributed by atoms with van der Waals surface area (Å²) in [7, 11) is 1.49. The molecule has 0 heterocycles. The maximum absolute atomic E-state index is 12.6. The van der Waals surface area contributed by atoms with Crippen LogP contribution in [0.3, 0.4) is 0 Å². The zero-order valence-electron chi connectivity index (χ0n) is 17.4. The number of benzene rings is 3. The summed E-state index contributed by atoms with van der Waals surface area (Å²) in [5.74, 6) is 0.279. The highest BCUT2D eigenvalue weighted by Gasteiger charge is 2.14. The topological polar surface area (TPSA) is 95.1 Å². The van der Waals surface area contributed by atoms with Gasteiger partial charge in [-0.3, -0.25) is 4.79 Å². The van der Waals surface area contributed by atoms with E-state index in [9.17, 15) is 15.3 Å². The van der Waals surface area contributed by atoms with E-state index in [4.69, 9.17) is 21.1 Å². The van der Waals surface area contributed by atoms with Crippen LogP contribution < -0.4 is 14.8 Å². The maximum atomic E-state index is 12.6. The zero-order chi connectivity index (χ0) is 23.8. The van der Waals surface area contributed by atoms with Crippen LogP contribution in [0.5, 0.6) is 11.5 Å². The molecular formula is C25H17BrClN3O3. The molecule has 3 aromatic carbocycles. The first-order chi connectivity index (χ1) is 15.9. The van der Waals surface area contributed by atoms with Crippen LogP contribution in [0.1, 0.15) is 16.7 Å². The Labute approximate surface area is 204 Å². The van der Waals surface area contributed by atoms with Gasteiger partial charge in [0.15, 0.2) is 11.5 Å². The van der Waals surface area contributed by atoms with E-state index in [2.05, 4.69) is 27.3 Å². The number of amides is 1. The summed E-state index contributed by atoms with van der Waals surface area (Å²) in [6, 6.07) is 21.2. The van der Waals surface area contributed by atoms with Gasteiger partial charge in [0, 0.05) is 20.7 Å². The second-order valence-electron chi connectivity index (χ2n) is 6.72. The Balaban J connectivity index is 1.84. The molecule has 1 amide bonds. The van der Waals surface area contributed by atoms with Crippen molar-refractivity contribution in [3.05, 3.63) is 92.4 Å². The lowest BCUT2D eigenvalue weighted by Gasteiger charge is -2.13. The quantitative estimate of drug-likeness (QED) is 0.298. The Kier molecular flexibility index (Phi) is 8.10. The largest absolute Gasteiger partial charge is 0.493 e. The van der Waals surface area contributed by atoms with E-state index in [1.54, 1.807) is 48.5 Å². The molecule has 0 saturated carbocycles. The summed E-state index contributed by atoms with van der Waals surface area (Å²) in [5.41, 5.74) is 2.20. The first kappa shape index (κ1) is 23.9. The van der Waals surface area contributed by atoms with Gasteiger partial charge in [0.1, 0.15) is 18.2 Å². The molecule has 0 aromatic heterocycles. The minimum absolute atomic E-state index is 0.102. The lowest BCUT2D eigenvalue weighted by Crippen LogP contribution is -2.13. The van der Waals surface area contributed by atoms with Crippen molar-refractivity contribution in [2.24, 2.45) is 0 Å². The standard InChI is InChI=1S/C25H17BrClN3O3/c1-32-23-10-18(9-19(14-29)25(31)30-21-8-4-7-20(27)11-21)22(26)12-24(23)33-15-17-6-3-2-5-16(17)13-28/h2-12H,15H2,1H3,(H,30,31)/b19-9+. The van der Waals surface area contributed by atoms with Crippen LogP contribution in [0.15, 0.2) is 70.7 Å². The lowest BCUT2D eigenvalue weighted by atomic mass is 10.1. The van der Waals surface area contributed by atoms with Crippen LogP contribution in [0.2, 0.25) is 5.02 Å². The van der Waals surface area contributed by atoms with Crippen molar-refractivity contribution >= 4 is 45.2 Å². The Morgan fingerprint density at radius 3 is 2.61 bits per heavy atom. The highest BCUT2D eigenvalue weighted by Crippen LogP contribution is 2.35. The minimum Gasteiger partial charge on any atom is -0.493 e. The summed E-state index contributed by atoms with van der Waals surface area (Å²) in [4.78, 5) is 12.6. The minimum atomic E-state index is -0.570. The van der Waals surface area contributed by atoms with Gasteiger partial charge in [-0.1, -0.05) is 51.8 Å². The van der Waals surface area contributed by atoms with Crippen molar-refractivity contribution in [3.63, 3.8) is 0 Å². The molecule has 0 aliphatic heterocycles. The van der Waals surface area contributed by atoms with Crippen LogP contribution in [-0.2, 0) is 11.4 Å². The number of carbonyl (C=O) groups is 1. The Morgan fingerprint density at radius 2 is 1.91 bits per heavy atom. The summed E-state index contributed by atoms with van der Waals surface area (Å²) in [6.07, 6.45) is 1.45. The van der Waals surface area contributed by atoms with Crippen LogP contribution >= 0.6 is 27.5 Å². The highest BCUT2D eigenvalue weighted by atomic mass is 79.9. The molecule has 3 aromatic rings. The fourth-order valence-corrected chi connectivity index (χ4v) is 3.54. The van der Waals surface area contributed by atoms with Crippen LogP contribution in [0, 0.1) is 22.7 Å². The number of nitrogens with zero attached hydrogens (tertiary/aromatic N) is 2. The van der Waals surface area contributed by atoms with Crippen LogP contribution in [0.25, 0.3) is 6.08 Å². The van der Waals surface area contributed by atoms with Gasteiger partial charge in [0.2, 0.25) is 0 Å². The molecule has 0 aliphatic rings. The molecule has 0 spiro atoms. The van der Waals surface area contributed by atoms with Gasteiger partial charge in [-0.15, -0.1) is 0 Å². The van der Waals surface area contributed by atoms with E-state index < -0.39 is 5.91 Å². The second-order valence-corrected chi connectivity index (χ2v) is 8.01. The van der Waals surface area contributed by atoms with E-state index in [0.29, 0.717) is 37.8 Å². The summed E-state index contributed by atoms with van der Waals surface area (Å²) >= 11 is 9.40. The SMILES string of the molecule is COc1cc(/C=C(\C#N)C(=O)Nc2cccc(Cl)c2)c(Br)cc1OCc1ccccc1C#N. The van der Waals surface area contributed by atoms with E-state index in [1.807, 2.05) is 18.2 Å². The molecule has 0 atom stereocenters. The summed E-state index contributed by atoms with van der Waals surface area (Å²) < 4.78 is 11.9. The summed E-state index contributed by atoms with van der Waals surface area (Å²) in [5, 5.41) is 21.9. The normalized spacial score (nSPS) is 10.6. The average Bonchev–Trinajstić information content (AvgIpc) is 2.82. The molecule has 0 unspecified atom stereocenters. The predicted molar refractivity (Wildman–Crippen MR) is 130 cm³/mol.